The van der Waals surface area contributed by atoms with Gasteiger partial charge in [-0.05, 0) is 23.2 Å². The van der Waals surface area contributed by atoms with Gasteiger partial charge in [-0.1, -0.05) is 32.6 Å². The van der Waals surface area contributed by atoms with Crippen molar-refractivity contribution in [3.63, 3.8) is 0 Å². The number of ether oxygens (including phenoxy) is 1. The molecule has 0 atom stereocenters. The minimum absolute atomic E-state index is 0.165. The lowest BCUT2D eigenvalue weighted by molar-refractivity contribution is 0.0601. The van der Waals surface area contributed by atoms with Gasteiger partial charge in [-0.3, -0.25) is 0 Å². The molecular weight excluding hydrogens is 297 g/mol. The standard InChI is InChI=1S/C9H7BrClN3O2/c1-16-9(15)6-3-7(10)5(2-8(6)11)4-13-14-12/h2-3H,4H2,1H3. The van der Waals surface area contributed by atoms with E-state index < -0.39 is 5.97 Å². The maximum Gasteiger partial charge on any atom is 0.339 e. The van der Waals surface area contributed by atoms with Crippen LogP contribution in [0.3, 0.4) is 0 Å². The van der Waals surface area contributed by atoms with Gasteiger partial charge < -0.3 is 4.74 Å². The van der Waals surface area contributed by atoms with Gasteiger partial charge in [0.25, 0.3) is 0 Å². The van der Waals surface area contributed by atoms with Crippen molar-refractivity contribution in [1.82, 2.24) is 0 Å². The third kappa shape index (κ3) is 2.88. The molecule has 84 valence electrons. The number of methoxy groups -OCH3 is 1. The molecule has 0 aliphatic heterocycles. The fourth-order valence-corrected chi connectivity index (χ4v) is 1.82. The first-order chi connectivity index (χ1) is 7.60. The average Bonchev–Trinajstić information content (AvgIpc) is 2.28. The molecule has 0 heterocycles. The van der Waals surface area contributed by atoms with Crippen molar-refractivity contribution in [1.29, 1.82) is 0 Å². The van der Waals surface area contributed by atoms with E-state index in [0.29, 0.717) is 10.0 Å². The van der Waals surface area contributed by atoms with E-state index in [0.717, 1.165) is 0 Å². The zero-order chi connectivity index (χ0) is 12.1. The number of nitrogens with zero attached hydrogens (tertiary/aromatic N) is 3. The van der Waals surface area contributed by atoms with Crippen LogP contribution in [0.5, 0.6) is 0 Å². The molecule has 0 N–H and O–H groups in total. The first kappa shape index (κ1) is 12.8. The van der Waals surface area contributed by atoms with Crippen LogP contribution >= 0.6 is 27.5 Å². The molecule has 0 fully saturated rings. The van der Waals surface area contributed by atoms with Gasteiger partial charge >= 0.3 is 5.97 Å². The molecule has 0 bridgehead atoms. The van der Waals surface area contributed by atoms with Crippen molar-refractivity contribution in [2.75, 3.05) is 7.11 Å². The molecule has 1 aromatic carbocycles. The summed E-state index contributed by atoms with van der Waals surface area (Å²) in [5.74, 6) is -0.513. The van der Waals surface area contributed by atoms with E-state index in [4.69, 9.17) is 17.1 Å². The number of hydrogen-bond donors (Lipinski definition) is 0. The summed E-state index contributed by atoms with van der Waals surface area (Å²) < 4.78 is 5.21. The monoisotopic (exact) mass is 303 g/mol. The van der Waals surface area contributed by atoms with Crippen molar-refractivity contribution in [2.24, 2.45) is 5.11 Å². The molecule has 0 amide bonds. The molecule has 7 heteroatoms. The molecule has 1 rings (SSSR count). The molecule has 0 saturated carbocycles. The summed E-state index contributed by atoms with van der Waals surface area (Å²) in [4.78, 5) is 13.9. The van der Waals surface area contributed by atoms with Gasteiger partial charge in [0.2, 0.25) is 0 Å². The summed E-state index contributed by atoms with van der Waals surface area (Å²) in [6.07, 6.45) is 0. The van der Waals surface area contributed by atoms with Crippen LogP contribution in [0.2, 0.25) is 5.02 Å². The lowest BCUT2D eigenvalue weighted by atomic mass is 10.1. The molecule has 16 heavy (non-hydrogen) atoms. The molecule has 0 unspecified atom stereocenters. The summed E-state index contributed by atoms with van der Waals surface area (Å²) in [6.45, 7) is 0.165. The first-order valence-electron chi connectivity index (χ1n) is 4.17. The number of hydrogen-bond acceptors (Lipinski definition) is 3. The third-order valence-electron chi connectivity index (χ3n) is 1.85. The van der Waals surface area contributed by atoms with Gasteiger partial charge in [0, 0.05) is 9.38 Å². The second-order valence-corrected chi connectivity index (χ2v) is 4.07. The Bertz CT molecular complexity index is 472. The quantitative estimate of drug-likeness (QED) is 0.369. The van der Waals surface area contributed by atoms with Gasteiger partial charge in [-0.15, -0.1) is 0 Å². The largest absolute Gasteiger partial charge is 0.465 e. The van der Waals surface area contributed by atoms with E-state index in [2.05, 4.69) is 30.7 Å². The van der Waals surface area contributed by atoms with Crippen LogP contribution in [-0.4, -0.2) is 13.1 Å². The molecule has 0 spiro atoms. The van der Waals surface area contributed by atoms with Crippen LogP contribution in [0.25, 0.3) is 10.4 Å². The lowest BCUT2D eigenvalue weighted by Gasteiger charge is -2.06. The van der Waals surface area contributed by atoms with E-state index >= 15 is 0 Å². The van der Waals surface area contributed by atoms with Gasteiger partial charge in [0.05, 0.1) is 24.2 Å². The van der Waals surface area contributed by atoms with Crippen LogP contribution in [-0.2, 0) is 11.3 Å². The fraction of sp³-hybridized carbons (Fsp3) is 0.222. The zero-order valence-corrected chi connectivity index (χ0v) is 10.6. The Hall–Kier alpha value is -1.23. The Morgan fingerprint density at radius 2 is 2.38 bits per heavy atom. The van der Waals surface area contributed by atoms with E-state index in [1.165, 1.54) is 13.2 Å². The molecule has 0 aromatic heterocycles. The summed E-state index contributed by atoms with van der Waals surface area (Å²) in [7, 11) is 1.28. The van der Waals surface area contributed by atoms with Crippen molar-refractivity contribution >= 4 is 33.5 Å². The predicted octanol–water partition coefficient (Wildman–Crippen LogP) is 3.70. The molecule has 1 aromatic rings. The average molecular weight is 305 g/mol. The summed E-state index contributed by atoms with van der Waals surface area (Å²) in [6, 6.07) is 3.10. The van der Waals surface area contributed by atoms with Crippen LogP contribution in [0.15, 0.2) is 21.7 Å². The molecular formula is C9H7BrClN3O2. The van der Waals surface area contributed by atoms with E-state index in [1.54, 1.807) is 6.07 Å². The van der Waals surface area contributed by atoms with E-state index in [-0.39, 0.29) is 17.1 Å². The van der Waals surface area contributed by atoms with Crippen LogP contribution < -0.4 is 0 Å². The maximum atomic E-state index is 11.3. The minimum Gasteiger partial charge on any atom is -0.465 e. The summed E-state index contributed by atoms with van der Waals surface area (Å²) >= 11 is 9.16. The Morgan fingerprint density at radius 1 is 1.69 bits per heavy atom. The highest BCUT2D eigenvalue weighted by molar-refractivity contribution is 9.10. The lowest BCUT2D eigenvalue weighted by Crippen LogP contribution is -2.03. The number of halogens is 2. The molecule has 0 aliphatic rings. The van der Waals surface area contributed by atoms with Gasteiger partial charge in [0.1, 0.15) is 0 Å². The zero-order valence-electron chi connectivity index (χ0n) is 8.28. The minimum atomic E-state index is -0.513. The number of esters is 1. The summed E-state index contributed by atoms with van der Waals surface area (Å²) in [5, 5.41) is 3.68. The third-order valence-corrected chi connectivity index (χ3v) is 2.90. The Labute approximate surface area is 105 Å². The van der Waals surface area contributed by atoms with Crippen LogP contribution in [0.1, 0.15) is 15.9 Å². The fourth-order valence-electron chi connectivity index (χ4n) is 1.08. The second-order valence-electron chi connectivity index (χ2n) is 2.80. The highest BCUT2D eigenvalue weighted by atomic mass is 79.9. The first-order valence-corrected chi connectivity index (χ1v) is 5.34. The number of carbonyl (C=O) groups excluding carboxylic acids is 1. The summed E-state index contributed by atoms with van der Waals surface area (Å²) in [5.41, 5.74) is 9.17. The number of rotatable bonds is 3. The molecule has 0 aliphatic carbocycles. The number of benzene rings is 1. The Balaban J connectivity index is 3.15. The van der Waals surface area contributed by atoms with Gasteiger partial charge in [-0.25, -0.2) is 4.79 Å². The van der Waals surface area contributed by atoms with Gasteiger partial charge in [0.15, 0.2) is 0 Å². The van der Waals surface area contributed by atoms with E-state index in [1.807, 2.05) is 0 Å². The Morgan fingerprint density at radius 3 is 2.94 bits per heavy atom. The van der Waals surface area contributed by atoms with Crippen molar-refractivity contribution in [3.05, 3.63) is 43.2 Å². The second kappa shape index (κ2) is 5.75. The molecule has 0 radical (unpaired) electrons. The van der Waals surface area contributed by atoms with Crippen LogP contribution in [0, 0.1) is 0 Å². The maximum absolute atomic E-state index is 11.3. The molecule has 0 saturated heterocycles. The van der Waals surface area contributed by atoms with Crippen molar-refractivity contribution in [2.45, 2.75) is 6.54 Å². The molecule has 5 nitrogen and oxygen atoms in total. The predicted molar refractivity (Wildman–Crippen MR) is 63.3 cm³/mol. The topological polar surface area (TPSA) is 75.1 Å². The number of carbonyl (C=O) groups is 1. The van der Waals surface area contributed by atoms with Crippen LogP contribution in [0.4, 0.5) is 0 Å². The number of azide groups is 1. The normalized spacial score (nSPS) is 9.44. The van der Waals surface area contributed by atoms with E-state index in [9.17, 15) is 4.79 Å². The SMILES string of the molecule is COC(=O)c1cc(Br)c(CN=[N+]=[N-])cc1Cl. The van der Waals surface area contributed by atoms with Crippen molar-refractivity contribution < 1.29 is 9.53 Å². The van der Waals surface area contributed by atoms with Gasteiger partial charge in [-0.2, -0.15) is 0 Å². The smallest absolute Gasteiger partial charge is 0.339 e. The van der Waals surface area contributed by atoms with Crippen molar-refractivity contribution in [3.8, 4) is 0 Å². The Kier molecular flexibility index (Phi) is 4.61. The highest BCUT2D eigenvalue weighted by Crippen LogP contribution is 2.26. The highest BCUT2D eigenvalue weighted by Gasteiger charge is 2.13.